The van der Waals surface area contributed by atoms with Crippen molar-refractivity contribution in [2.75, 3.05) is 13.6 Å². The molecule has 0 saturated carbocycles. The summed E-state index contributed by atoms with van der Waals surface area (Å²) in [5.74, 6) is 0.139. The van der Waals surface area contributed by atoms with Gasteiger partial charge in [-0.05, 0) is 44.7 Å². The second-order valence-electron chi connectivity index (χ2n) is 5.38. The van der Waals surface area contributed by atoms with Crippen molar-refractivity contribution in [2.24, 2.45) is 0 Å². The van der Waals surface area contributed by atoms with Crippen LogP contribution in [0.15, 0.2) is 18.2 Å². The molecule has 1 aromatic carbocycles. The Labute approximate surface area is 116 Å². The molecule has 0 aliphatic heterocycles. The van der Waals surface area contributed by atoms with E-state index >= 15 is 0 Å². The molecule has 1 N–H and O–H groups in total. The summed E-state index contributed by atoms with van der Waals surface area (Å²) in [5.41, 5.74) is 3.74. The summed E-state index contributed by atoms with van der Waals surface area (Å²) in [6.45, 7) is 6.52. The highest BCUT2D eigenvalue weighted by molar-refractivity contribution is 5.76. The summed E-state index contributed by atoms with van der Waals surface area (Å²) in [7, 11) is 1.80. The first kappa shape index (κ1) is 15.7. The molecule has 0 spiro atoms. The van der Waals surface area contributed by atoms with Crippen LogP contribution in [0.1, 0.15) is 36.5 Å². The predicted octanol–water partition coefficient (Wildman–Crippen LogP) is 2.47. The van der Waals surface area contributed by atoms with Gasteiger partial charge in [0.1, 0.15) is 0 Å². The minimum absolute atomic E-state index is 0.139. The lowest BCUT2D eigenvalue weighted by atomic mass is 10.0. The van der Waals surface area contributed by atoms with Gasteiger partial charge in [-0.25, -0.2) is 0 Å². The fourth-order valence-electron chi connectivity index (χ4n) is 2.06. The van der Waals surface area contributed by atoms with Crippen molar-refractivity contribution in [1.29, 1.82) is 0 Å². The van der Waals surface area contributed by atoms with Gasteiger partial charge in [-0.3, -0.25) is 4.79 Å². The molecular formula is C16H25NO2. The fraction of sp³-hybridized carbons (Fsp3) is 0.562. The average Bonchev–Trinajstić information content (AvgIpc) is 2.34. The lowest BCUT2D eigenvalue weighted by Crippen LogP contribution is -2.29. The number of benzene rings is 1. The maximum atomic E-state index is 12.0. The van der Waals surface area contributed by atoms with E-state index in [9.17, 15) is 9.90 Å². The molecule has 0 aromatic heterocycles. The highest BCUT2D eigenvalue weighted by atomic mass is 16.3. The Morgan fingerprint density at radius 1 is 1.37 bits per heavy atom. The molecule has 0 heterocycles. The van der Waals surface area contributed by atoms with Crippen LogP contribution in [0.2, 0.25) is 0 Å². The van der Waals surface area contributed by atoms with Crippen LogP contribution < -0.4 is 0 Å². The van der Waals surface area contributed by atoms with E-state index < -0.39 is 0 Å². The van der Waals surface area contributed by atoms with E-state index in [0.717, 1.165) is 6.42 Å². The smallest absolute Gasteiger partial charge is 0.222 e. The second kappa shape index (κ2) is 7.29. The second-order valence-corrected chi connectivity index (χ2v) is 5.38. The van der Waals surface area contributed by atoms with Crippen LogP contribution in [-0.4, -0.2) is 35.6 Å². The topological polar surface area (TPSA) is 40.5 Å². The first-order valence-corrected chi connectivity index (χ1v) is 6.88. The standard InChI is InChI=1S/C16H25NO2/c1-12-5-6-15(13(2)11-12)7-8-16(19)17(4)10-9-14(3)18/h5-6,11,14,18H,7-10H2,1-4H3. The van der Waals surface area contributed by atoms with Crippen LogP contribution in [0.4, 0.5) is 0 Å². The summed E-state index contributed by atoms with van der Waals surface area (Å²) < 4.78 is 0. The van der Waals surface area contributed by atoms with Crippen LogP contribution in [0, 0.1) is 13.8 Å². The maximum absolute atomic E-state index is 12.0. The normalized spacial score (nSPS) is 12.3. The summed E-state index contributed by atoms with van der Waals surface area (Å²) in [6, 6.07) is 6.34. The zero-order valence-corrected chi connectivity index (χ0v) is 12.4. The molecule has 0 aliphatic carbocycles. The van der Waals surface area contributed by atoms with E-state index in [1.165, 1.54) is 16.7 Å². The Hall–Kier alpha value is -1.35. The van der Waals surface area contributed by atoms with Crippen molar-refractivity contribution >= 4 is 5.91 Å². The van der Waals surface area contributed by atoms with Gasteiger partial charge >= 0.3 is 0 Å². The van der Waals surface area contributed by atoms with Crippen molar-refractivity contribution in [3.63, 3.8) is 0 Å². The lowest BCUT2D eigenvalue weighted by molar-refractivity contribution is -0.130. The van der Waals surface area contributed by atoms with Crippen LogP contribution in [-0.2, 0) is 11.2 Å². The Kier molecular flexibility index (Phi) is 6.03. The number of rotatable bonds is 6. The monoisotopic (exact) mass is 263 g/mol. The molecule has 1 atom stereocenters. The zero-order chi connectivity index (χ0) is 14.4. The number of carbonyl (C=O) groups excluding carboxylic acids is 1. The van der Waals surface area contributed by atoms with E-state index in [2.05, 4.69) is 32.0 Å². The van der Waals surface area contributed by atoms with Gasteiger partial charge in [0, 0.05) is 20.0 Å². The number of carbonyl (C=O) groups is 1. The van der Waals surface area contributed by atoms with Gasteiger partial charge in [0.05, 0.1) is 6.10 Å². The van der Waals surface area contributed by atoms with Gasteiger partial charge in [-0.2, -0.15) is 0 Å². The van der Waals surface area contributed by atoms with Crippen LogP contribution >= 0.6 is 0 Å². The summed E-state index contributed by atoms with van der Waals surface area (Å²) in [5, 5.41) is 9.22. The molecule has 3 nitrogen and oxygen atoms in total. The predicted molar refractivity (Wildman–Crippen MR) is 78.2 cm³/mol. The van der Waals surface area contributed by atoms with Gasteiger partial charge in [-0.1, -0.05) is 23.8 Å². The Morgan fingerprint density at radius 3 is 2.63 bits per heavy atom. The first-order valence-electron chi connectivity index (χ1n) is 6.88. The molecule has 0 fully saturated rings. The van der Waals surface area contributed by atoms with Crippen molar-refractivity contribution < 1.29 is 9.90 Å². The number of amides is 1. The molecule has 19 heavy (non-hydrogen) atoms. The molecule has 0 aliphatic rings. The van der Waals surface area contributed by atoms with Crippen LogP contribution in [0.3, 0.4) is 0 Å². The van der Waals surface area contributed by atoms with Gasteiger partial charge in [0.15, 0.2) is 0 Å². The molecular weight excluding hydrogens is 238 g/mol. The molecule has 3 heteroatoms. The molecule has 1 rings (SSSR count). The Bertz CT molecular complexity index is 427. The van der Waals surface area contributed by atoms with Crippen LogP contribution in [0.25, 0.3) is 0 Å². The van der Waals surface area contributed by atoms with Gasteiger partial charge in [0.2, 0.25) is 5.91 Å². The minimum atomic E-state index is -0.352. The van der Waals surface area contributed by atoms with E-state index in [1.54, 1.807) is 18.9 Å². The molecule has 0 radical (unpaired) electrons. The van der Waals surface area contributed by atoms with E-state index in [4.69, 9.17) is 0 Å². The first-order chi connectivity index (χ1) is 8.90. The average molecular weight is 263 g/mol. The highest BCUT2D eigenvalue weighted by Crippen LogP contribution is 2.13. The van der Waals surface area contributed by atoms with E-state index in [-0.39, 0.29) is 12.0 Å². The third-order valence-corrected chi connectivity index (χ3v) is 3.41. The fourth-order valence-corrected chi connectivity index (χ4v) is 2.06. The largest absolute Gasteiger partial charge is 0.393 e. The lowest BCUT2D eigenvalue weighted by Gasteiger charge is -2.18. The summed E-state index contributed by atoms with van der Waals surface area (Å²) in [4.78, 5) is 13.7. The number of hydrogen-bond donors (Lipinski definition) is 1. The molecule has 0 bridgehead atoms. The third kappa shape index (κ3) is 5.43. The van der Waals surface area contributed by atoms with Crippen molar-refractivity contribution in [3.05, 3.63) is 34.9 Å². The molecule has 1 aromatic rings. The molecule has 1 amide bonds. The zero-order valence-electron chi connectivity index (χ0n) is 12.4. The quantitative estimate of drug-likeness (QED) is 0.856. The SMILES string of the molecule is Cc1ccc(CCC(=O)N(C)CCC(C)O)c(C)c1. The van der Waals surface area contributed by atoms with Crippen molar-refractivity contribution in [1.82, 2.24) is 4.90 Å². The van der Waals surface area contributed by atoms with Gasteiger partial charge in [0.25, 0.3) is 0 Å². The number of aryl methyl sites for hydroxylation is 3. The van der Waals surface area contributed by atoms with Crippen molar-refractivity contribution in [3.8, 4) is 0 Å². The number of nitrogens with zero attached hydrogens (tertiary/aromatic N) is 1. The molecule has 1 unspecified atom stereocenters. The number of aliphatic hydroxyl groups excluding tert-OH is 1. The Morgan fingerprint density at radius 2 is 2.05 bits per heavy atom. The summed E-state index contributed by atoms with van der Waals surface area (Å²) >= 11 is 0. The minimum Gasteiger partial charge on any atom is -0.393 e. The Balaban J connectivity index is 2.45. The third-order valence-electron chi connectivity index (χ3n) is 3.41. The number of hydrogen-bond acceptors (Lipinski definition) is 2. The van der Waals surface area contributed by atoms with Gasteiger partial charge in [-0.15, -0.1) is 0 Å². The molecule has 0 saturated heterocycles. The summed E-state index contributed by atoms with van der Waals surface area (Å²) in [6.07, 6.45) is 1.59. The van der Waals surface area contributed by atoms with Crippen LogP contribution in [0.5, 0.6) is 0 Å². The van der Waals surface area contributed by atoms with Gasteiger partial charge < -0.3 is 10.0 Å². The van der Waals surface area contributed by atoms with E-state index in [1.807, 2.05) is 0 Å². The van der Waals surface area contributed by atoms with E-state index in [0.29, 0.717) is 19.4 Å². The number of aliphatic hydroxyl groups is 1. The maximum Gasteiger partial charge on any atom is 0.222 e. The van der Waals surface area contributed by atoms with Crippen molar-refractivity contribution in [2.45, 2.75) is 46.1 Å². The molecule has 106 valence electrons. The highest BCUT2D eigenvalue weighted by Gasteiger charge is 2.10.